The number of fused-ring (bicyclic) bond motifs is 1. The van der Waals surface area contributed by atoms with Gasteiger partial charge in [0, 0.05) is 202 Å². The Balaban J connectivity index is 0.000000747. The molecule has 3 aromatic carbocycles. The fraction of sp³-hybridized carbons (Fsp3) is 0.0753. The number of benzene rings is 3. The van der Waals surface area contributed by atoms with Crippen LogP contribution in [0.3, 0.4) is 0 Å². The number of non-ortho nitro benzene ring substituents is 2. The highest BCUT2D eigenvalue weighted by Crippen LogP contribution is 2.39. The van der Waals surface area contributed by atoms with Crippen LogP contribution in [0, 0.1) is 412 Å². The van der Waals surface area contributed by atoms with Crippen molar-refractivity contribution < 1.29 is 45.8 Å². The molecule has 0 radical (unpaired) electrons. The number of terminal acetylenes is 3. The van der Waals surface area contributed by atoms with Gasteiger partial charge in [0.25, 0.3) is 29.1 Å². The number of hydrogen-bond donors (Lipinski definition) is 1. The minimum absolute atomic E-state index is 0.0287. The lowest BCUT2D eigenvalue weighted by Gasteiger charge is -2.25. The number of alkyl halides is 6. The third kappa shape index (κ3) is 42.8. The second-order valence-corrected chi connectivity index (χ2v) is 17.0. The Labute approximate surface area is 628 Å². The molecule has 2 N–H and O–H groups in total. The van der Waals surface area contributed by atoms with Crippen molar-refractivity contribution in [1.82, 2.24) is 4.90 Å². The molecule has 0 aromatic heterocycles. The van der Waals surface area contributed by atoms with Gasteiger partial charge in [-0.2, -0.15) is 0 Å². The summed E-state index contributed by atoms with van der Waals surface area (Å²) in [6.07, 6.45) is 9.20. The zero-order valence-corrected chi connectivity index (χ0v) is 55.4. The molecule has 496 valence electrons. The van der Waals surface area contributed by atoms with Crippen LogP contribution < -0.4 is 5.73 Å². The van der Waals surface area contributed by atoms with Crippen LogP contribution in [0.25, 0.3) is 0 Å². The van der Waals surface area contributed by atoms with E-state index in [1.807, 2.05) is 0 Å². The minimum atomic E-state index is -4.12. The third-order valence-corrected chi connectivity index (χ3v) is 9.91. The molecule has 2 unspecified atom stereocenters. The van der Waals surface area contributed by atoms with Gasteiger partial charge in [-0.1, -0.05) is 42.3 Å². The van der Waals surface area contributed by atoms with Crippen molar-refractivity contribution in [2.45, 2.75) is 31.1 Å². The summed E-state index contributed by atoms with van der Waals surface area (Å²) in [6.45, 7) is -0.934. The summed E-state index contributed by atoms with van der Waals surface area (Å²) in [5.74, 6) is 145. The predicted molar refractivity (Wildman–Crippen MR) is 400 cm³/mol. The number of nitrogens with zero attached hydrogens (tertiary/aromatic N) is 3. The number of carbonyl (C=O) groups is 2. The van der Waals surface area contributed by atoms with Crippen molar-refractivity contribution in [3.63, 3.8) is 0 Å². The molecule has 10 nitrogen and oxygen atoms in total. The lowest BCUT2D eigenvalue weighted by Crippen LogP contribution is -2.42. The zero-order chi connectivity index (χ0) is 80.0. The molecule has 3 aromatic rings. The van der Waals surface area contributed by atoms with E-state index in [0.717, 1.165) is 42.5 Å². The molecule has 1 heterocycles. The van der Waals surface area contributed by atoms with Crippen LogP contribution in [-0.2, 0) is 0 Å². The van der Waals surface area contributed by atoms with E-state index in [0.29, 0.717) is 6.07 Å². The summed E-state index contributed by atoms with van der Waals surface area (Å²) >= 11 is 0. The SMILES string of the molecule is C#CC#CC#CC#CC#CC#CC#CC#CC#CC#CC#CC#CC#CC#CC#CC#CC.C#CC#CC#CC#CC#CC#CC#CC#CC#CC#CC#CC#CC#CC#CC#CC#CC#C.NCC(F)(F)C(F)c1cccc([N+](=O)[O-])c1.O=C1c2ccccc2C(=O)N1CC(F)(F)C(F)c1cccc([N+](=O)[O-])c1. The Kier molecular flexibility index (Phi) is 46.4. The molecule has 0 spiro atoms. The summed E-state index contributed by atoms with van der Waals surface area (Å²) in [5.41, 5.74) is 2.62. The Morgan fingerprint density at radius 1 is 0.349 bits per heavy atom. The maximum Gasteiger partial charge on any atom is 0.300 e. The fourth-order valence-corrected chi connectivity index (χ4v) is 5.75. The van der Waals surface area contributed by atoms with E-state index in [4.69, 9.17) is 25.0 Å². The molecule has 0 bridgehead atoms. The largest absolute Gasteiger partial charge is 0.325 e. The van der Waals surface area contributed by atoms with E-state index in [-0.39, 0.29) is 16.0 Å². The number of nitro groups is 2. The minimum Gasteiger partial charge on any atom is -0.325 e. The number of nitrogens with two attached hydrogens (primary N) is 1. The Morgan fingerprint density at radius 3 is 0.743 bits per heavy atom. The molecule has 0 fully saturated rings. The molecule has 4 rings (SSSR count). The van der Waals surface area contributed by atoms with E-state index in [2.05, 4.69) is 373 Å². The van der Waals surface area contributed by atoms with Crippen molar-refractivity contribution >= 4 is 23.2 Å². The Morgan fingerprint density at radius 2 is 0.550 bits per heavy atom. The molecule has 2 atom stereocenters. The molecular weight excluding hydrogens is 1380 g/mol. The van der Waals surface area contributed by atoms with Gasteiger partial charge in [0.1, 0.15) is 0 Å². The number of halogens is 6. The van der Waals surface area contributed by atoms with Crippen LogP contribution in [-0.4, -0.2) is 51.5 Å². The fourth-order valence-electron chi connectivity index (χ4n) is 5.75. The van der Waals surface area contributed by atoms with Crippen LogP contribution >= 0.6 is 0 Å². The highest BCUT2D eigenvalue weighted by Gasteiger charge is 2.48. The summed E-state index contributed by atoms with van der Waals surface area (Å²) in [7, 11) is 0. The first-order valence-corrected chi connectivity index (χ1v) is 28.4. The molecule has 0 saturated carbocycles. The summed E-state index contributed by atoms with van der Waals surface area (Å²) in [5, 5.41) is 21.1. The van der Waals surface area contributed by atoms with Gasteiger partial charge in [0.15, 0.2) is 12.3 Å². The number of hydrogen-bond acceptors (Lipinski definition) is 7. The molecule has 2 amide bonds. The van der Waals surface area contributed by atoms with Crippen LogP contribution in [0.5, 0.6) is 0 Å². The van der Waals surface area contributed by atoms with Gasteiger partial charge in [-0.25, -0.2) is 26.3 Å². The van der Waals surface area contributed by atoms with E-state index in [9.17, 15) is 56.2 Å². The molecule has 1 aliphatic heterocycles. The summed E-state index contributed by atoms with van der Waals surface area (Å²) in [4.78, 5) is 44.0. The van der Waals surface area contributed by atoms with E-state index >= 15 is 0 Å². The van der Waals surface area contributed by atoms with Crippen molar-refractivity contribution in [3.8, 4) is 392 Å². The molecule has 16 heteroatoms. The number of amides is 2. The maximum absolute atomic E-state index is 14.4. The zero-order valence-electron chi connectivity index (χ0n) is 55.4. The summed E-state index contributed by atoms with van der Waals surface area (Å²) < 4.78 is 82.2. The average Bonchev–Trinajstić information content (AvgIpc) is 1.63. The van der Waals surface area contributed by atoms with Crippen molar-refractivity contribution in [1.29, 1.82) is 0 Å². The van der Waals surface area contributed by atoms with Crippen LogP contribution in [0.2, 0.25) is 0 Å². The van der Waals surface area contributed by atoms with Crippen molar-refractivity contribution in [3.05, 3.63) is 115 Å². The van der Waals surface area contributed by atoms with E-state index in [1.165, 1.54) is 24.3 Å². The lowest BCUT2D eigenvalue weighted by atomic mass is 10.0. The van der Waals surface area contributed by atoms with Crippen LogP contribution in [0.4, 0.5) is 37.7 Å². The van der Waals surface area contributed by atoms with Gasteiger partial charge in [0.2, 0.25) is 0 Å². The number of nitro benzene ring substituents is 2. The number of rotatable bonds is 9. The molecule has 109 heavy (non-hydrogen) atoms. The first kappa shape index (κ1) is 87.6. The first-order valence-electron chi connectivity index (χ1n) is 28.4. The molecule has 0 saturated heterocycles. The monoisotopic (exact) mass is 1410 g/mol. The van der Waals surface area contributed by atoms with Crippen LogP contribution in [0.15, 0.2) is 72.8 Å². The number of imide groups is 1. The van der Waals surface area contributed by atoms with Gasteiger partial charge in [-0.3, -0.25) is 34.7 Å². The quantitative estimate of drug-likeness (QED) is 0.0822. The van der Waals surface area contributed by atoms with Crippen LogP contribution in [0.1, 0.15) is 51.1 Å². The van der Waals surface area contributed by atoms with E-state index < -0.39 is 81.4 Å². The first-order chi connectivity index (χ1) is 52.9. The third-order valence-electron chi connectivity index (χ3n) is 9.91. The van der Waals surface area contributed by atoms with Gasteiger partial charge in [0.05, 0.1) is 34.1 Å². The average molecular weight is 1410 g/mol. The lowest BCUT2D eigenvalue weighted by molar-refractivity contribution is -0.385. The highest BCUT2D eigenvalue weighted by molar-refractivity contribution is 6.21. The summed E-state index contributed by atoms with van der Waals surface area (Å²) in [6, 6.07) is 13.5. The maximum atomic E-state index is 14.4. The van der Waals surface area contributed by atoms with Crippen molar-refractivity contribution in [2.24, 2.45) is 5.73 Å². The molecule has 0 aliphatic carbocycles. The van der Waals surface area contributed by atoms with E-state index in [1.54, 1.807) is 6.92 Å². The highest BCUT2D eigenvalue weighted by atomic mass is 19.3. The van der Waals surface area contributed by atoms with Gasteiger partial charge in [-0.05, 0) is 220 Å². The topological polar surface area (TPSA) is 150 Å². The molecule has 1 aliphatic rings. The smallest absolute Gasteiger partial charge is 0.300 e. The second kappa shape index (κ2) is 57.7. The number of carbonyl (C=O) groups excluding carboxylic acids is 2. The normalized spacial score (nSPS) is 7.95. The Bertz CT molecular complexity index is 6300. The molecular formula is C93H26F6N4O6. The van der Waals surface area contributed by atoms with Gasteiger partial charge in [-0.15, -0.1) is 19.3 Å². The van der Waals surface area contributed by atoms with Gasteiger partial charge < -0.3 is 5.73 Å². The van der Waals surface area contributed by atoms with Crippen molar-refractivity contribution in [2.75, 3.05) is 13.1 Å². The van der Waals surface area contributed by atoms with Gasteiger partial charge >= 0.3 is 5.92 Å². The second-order valence-electron chi connectivity index (χ2n) is 17.0. The Hall–Kier alpha value is -19.4. The standard InChI is InChI=1S/C34H2.C33H4.C17H11F3N2O4.C9H9F3N2O2/c1-3-5-7-9-11-13-15-17-19-21-23-25-27-29-31-33-34-32-30-28-26-24-22-20-18-16-14-12-10-8-6-4-2;1-3-5-7-9-11-13-15-17-19-21-23-25-27-29-31-33-32-30-28-26-24-22-20-18-16-14-12-10-8-6-4-2;18-14(10-4-3-5-11(8-10)22(25)26)17(19,20)9-21-15(23)12-6-1-2-7-13(12)16(21)24;10-8(9(11,12)5-13)6-2-1-3-7(4-6)14(15)16/h1-2H;1H,2H3;1-8,14H,9H2;1-4,8H,5,13H2. The predicted octanol–water partition coefficient (Wildman–Crippen LogP) is 6.73.